The number of nitrogens with zero attached hydrogens (tertiary/aromatic N) is 3. The Hall–Kier alpha value is -2.18. The van der Waals surface area contributed by atoms with Crippen molar-refractivity contribution >= 4 is 5.91 Å². The first-order valence-corrected chi connectivity index (χ1v) is 7.78. The number of hydrogen-bond donors (Lipinski definition) is 1. The average Bonchev–Trinajstić information content (AvgIpc) is 3.00. The van der Waals surface area contributed by atoms with Crippen molar-refractivity contribution in [3.8, 4) is 5.69 Å². The molecule has 0 bridgehead atoms. The van der Waals surface area contributed by atoms with E-state index in [1.54, 1.807) is 6.20 Å². The molecule has 1 aliphatic rings. The molecule has 1 aliphatic heterocycles. The number of morpholine rings is 1. The lowest BCUT2D eigenvalue weighted by atomic mass is 10.0. The van der Waals surface area contributed by atoms with Crippen LogP contribution in [0.25, 0.3) is 5.69 Å². The molecule has 1 aromatic heterocycles. The smallest absolute Gasteiger partial charge is 0.247 e. The van der Waals surface area contributed by atoms with E-state index in [-0.39, 0.29) is 0 Å². The van der Waals surface area contributed by atoms with Crippen LogP contribution in [-0.4, -0.2) is 46.4 Å². The van der Waals surface area contributed by atoms with Crippen LogP contribution in [0.2, 0.25) is 0 Å². The second kappa shape index (κ2) is 6.52. The summed E-state index contributed by atoms with van der Waals surface area (Å²) in [6.07, 6.45) is 3.20. The molecular formula is C17H22N4O2. The summed E-state index contributed by atoms with van der Waals surface area (Å²) < 4.78 is 7.32. The number of aromatic nitrogens is 2. The van der Waals surface area contributed by atoms with Gasteiger partial charge in [0, 0.05) is 32.0 Å². The zero-order valence-corrected chi connectivity index (χ0v) is 13.5. The first-order valence-electron chi connectivity index (χ1n) is 7.78. The van der Waals surface area contributed by atoms with E-state index in [0.29, 0.717) is 13.2 Å². The molecule has 2 N–H and O–H groups in total. The van der Waals surface area contributed by atoms with Crippen molar-refractivity contribution in [2.75, 3.05) is 19.7 Å². The largest absolute Gasteiger partial charge is 0.367 e. The second-order valence-corrected chi connectivity index (χ2v) is 6.04. The van der Waals surface area contributed by atoms with Crippen LogP contribution in [-0.2, 0) is 16.1 Å². The van der Waals surface area contributed by atoms with E-state index in [0.717, 1.165) is 18.8 Å². The zero-order chi connectivity index (χ0) is 16.4. The Kier molecular flexibility index (Phi) is 4.45. The monoisotopic (exact) mass is 314 g/mol. The lowest BCUT2D eigenvalue weighted by molar-refractivity contribution is -0.135. The SMILES string of the molecule is Cc1cc(C)c(-n2cccn2)c(CN2CCO[C@@H](C(N)=O)C2)c1. The van der Waals surface area contributed by atoms with Crippen LogP contribution in [0.5, 0.6) is 0 Å². The van der Waals surface area contributed by atoms with Gasteiger partial charge in [0.15, 0.2) is 0 Å². The Labute approximate surface area is 135 Å². The predicted octanol–water partition coefficient (Wildman–Crippen LogP) is 1.18. The fourth-order valence-electron chi connectivity index (χ4n) is 3.16. The third-order valence-corrected chi connectivity index (χ3v) is 4.12. The van der Waals surface area contributed by atoms with Gasteiger partial charge in [0.2, 0.25) is 5.91 Å². The van der Waals surface area contributed by atoms with Crippen molar-refractivity contribution < 1.29 is 9.53 Å². The molecule has 1 amide bonds. The first-order chi connectivity index (χ1) is 11.0. The van der Waals surface area contributed by atoms with Crippen molar-refractivity contribution in [2.24, 2.45) is 5.73 Å². The number of carbonyl (C=O) groups is 1. The molecule has 2 aromatic rings. The van der Waals surface area contributed by atoms with Crippen LogP contribution < -0.4 is 5.73 Å². The maximum absolute atomic E-state index is 11.4. The summed E-state index contributed by atoms with van der Waals surface area (Å²) >= 11 is 0. The van der Waals surface area contributed by atoms with Gasteiger partial charge in [-0.3, -0.25) is 9.69 Å². The Bertz CT molecular complexity index is 697. The number of carbonyl (C=O) groups excluding carboxylic acids is 1. The van der Waals surface area contributed by atoms with Crippen LogP contribution in [0, 0.1) is 13.8 Å². The minimum Gasteiger partial charge on any atom is -0.367 e. The lowest BCUT2D eigenvalue weighted by Crippen LogP contribution is -2.48. The van der Waals surface area contributed by atoms with Gasteiger partial charge >= 0.3 is 0 Å². The highest BCUT2D eigenvalue weighted by atomic mass is 16.5. The maximum Gasteiger partial charge on any atom is 0.247 e. The van der Waals surface area contributed by atoms with Gasteiger partial charge < -0.3 is 10.5 Å². The maximum atomic E-state index is 11.4. The molecule has 1 fully saturated rings. The van der Waals surface area contributed by atoms with Crippen molar-refractivity contribution in [1.29, 1.82) is 0 Å². The van der Waals surface area contributed by atoms with Gasteiger partial charge in [-0.2, -0.15) is 5.10 Å². The molecule has 0 aliphatic carbocycles. The summed E-state index contributed by atoms with van der Waals surface area (Å²) in [6.45, 7) is 6.77. The predicted molar refractivity (Wildman–Crippen MR) is 87.2 cm³/mol. The highest BCUT2D eigenvalue weighted by molar-refractivity contribution is 5.79. The number of aryl methyl sites for hydroxylation is 2. The molecule has 3 rings (SSSR count). The Morgan fingerprint density at radius 1 is 1.43 bits per heavy atom. The molecule has 0 radical (unpaired) electrons. The molecule has 122 valence electrons. The lowest BCUT2D eigenvalue weighted by Gasteiger charge is -2.32. The van der Waals surface area contributed by atoms with Crippen LogP contribution in [0.15, 0.2) is 30.6 Å². The van der Waals surface area contributed by atoms with Crippen molar-refractivity contribution in [3.05, 3.63) is 47.3 Å². The van der Waals surface area contributed by atoms with E-state index in [4.69, 9.17) is 10.5 Å². The zero-order valence-electron chi connectivity index (χ0n) is 13.5. The van der Waals surface area contributed by atoms with Crippen molar-refractivity contribution in [2.45, 2.75) is 26.5 Å². The summed E-state index contributed by atoms with van der Waals surface area (Å²) in [5.41, 5.74) is 10.1. The molecule has 0 saturated carbocycles. The fraction of sp³-hybridized carbons (Fsp3) is 0.412. The van der Waals surface area contributed by atoms with E-state index in [1.165, 1.54) is 16.7 Å². The van der Waals surface area contributed by atoms with Gasteiger partial charge in [0.05, 0.1) is 12.3 Å². The van der Waals surface area contributed by atoms with E-state index in [9.17, 15) is 4.79 Å². The van der Waals surface area contributed by atoms with Crippen LogP contribution in [0.1, 0.15) is 16.7 Å². The molecule has 2 heterocycles. The molecule has 1 aromatic carbocycles. The van der Waals surface area contributed by atoms with Crippen LogP contribution >= 0.6 is 0 Å². The average molecular weight is 314 g/mol. The summed E-state index contributed by atoms with van der Waals surface area (Å²) in [4.78, 5) is 13.6. The molecule has 1 saturated heterocycles. The van der Waals surface area contributed by atoms with E-state index < -0.39 is 12.0 Å². The number of rotatable bonds is 4. The minimum absolute atomic E-state index is 0.401. The van der Waals surface area contributed by atoms with Crippen LogP contribution in [0.3, 0.4) is 0 Å². The van der Waals surface area contributed by atoms with Crippen LogP contribution in [0.4, 0.5) is 0 Å². The van der Waals surface area contributed by atoms with Crippen molar-refractivity contribution in [3.63, 3.8) is 0 Å². The highest BCUT2D eigenvalue weighted by Gasteiger charge is 2.25. The minimum atomic E-state index is -0.525. The first kappa shape index (κ1) is 15.7. The molecule has 23 heavy (non-hydrogen) atoms. The second-order valence-electron chi connectivity index (χ2n) is 6.04. The topological polar surface area (TPSA) is 73.4 Å². The molecule has 6 nitrogen and oxygen atoms in total. The molecule has 0 spiro atoms. The van der Waals surface area contributed by atoms with Crippen molar-refractivity contribution in [1.82, 2.24) is 14.7 Å². The Balaban J connectivity index is 1.89. The van der Waals surface area contributed by atoms with Gasteiger partial charge in [-0.1, -0.05) is 17.7 Å². The molecule has 0 unspecified atom stereocenters. The van der Waals surface area contributed by atoms with Gasteiger partial charge in [0.25, 0.3) is 0 Å². The van der Waals surface area contributed by atoms with Gasteiger partial charge in [-0.05, 0) is 31.0 Å². The fourth-order valence-corrected chi connectivity index (χ4v) is 3.16. The quantitative estimate of drug-likeness (QED) is 0.919. The van der Waals surface area contributed by atoms with E-state index >= 15 is 0 Å². The number of ether oxygens (including phenoxy) is 1. The molecule has 1 atom stereocenters. The third kappa shape index (κ3) is 3.43. The summed E-state index contributed by atoms with van der Waals surface area (Å²) in [6, 6.07) is 6.26. The number of benzene rings is 1. The number of primary amides is 1. The summed E-state index contributed by atoms with van der Waals surface area (Å²) in [5.74, 6) is -0.401. The highest BCUT2D eigenvalue weighted by Crippen LogP contribution is 2.23. The van der Waals surface area contributed by atoms with Gasteiger partial charge in [-0.25, -0.2) is 4.68 Å². The van der Waals surface area contributed by atoms with Gasteiger partial charge in [-0.15, -0.1) is 0 Å². The third-order valence-electron chi connectivity index (χ3n) is 4.12. The van der Waals surface area contributed by atoms with E-state index in [2.05, 4.69) is 36.0 Å². The number of amides is 1. The normalized spacial score (nSPS) is 19.0. The van der Waals surface area contributed by atoms with E-state index in [1.807, 2.05) is 16.9 Å². The molecule has 6 heteroatoms. The number of nitrogens with two attached hydrogens (primary N) is 1. The Morgan fingerprint density at radius 2 is 2.26 bits per heavy atom. The number of hydrogen-bond acceptors (Lipinski definition) is 4. The standard InChI is InChI=1S/C17H22N4O2/c1-12-8-13(2)16(21-5-3-4-19-21)14(9-12)10-20-6-7-23-15(11-20)17(18)22/h3-5,8-9,15H,6-7,10-11H2,1-2H3,(H2,18,22)/t15-/m1/s1. The molecular weight excluding hydrogens is 292 g/mol. The Morgan fingerprint density at radius 3 is 2.96 bits per heavy atom. The van der Waals surface area contributed by atoms with Gasteiger partial charge in [0.1, 0.15) is 6.10 Å². The summed E-state index contributed by atoms with van der Waals surface area (Å²) in [7, 11) is 0. The summed E-state index contributed by atoms with van der Waals surface area (Å²) in [5, 5.41) is 4.37.